The molecule has 1 saturated heterocycles. The fourth-order valence-corrected chi connectivity index (χ4v) is 5.53. The third-order valence-electron chi connectivity index (χ3n) is 6.06. The van der Waals surface area contributed by atoms with E-state index in [0.29, 0.717) is 18.3 Å². The molecule has 0 unspecified atom stereocenters. The van der Waals surface area contributed by atoms with E-state index >= 15 is 0 Å². The van der Waals surface area contributed by atoms with Gasteiger partial charge in [0, 0.05) is 25.1 Å². The lowest BCUT2D eigenvalue weighted by Gasteiger charge is -2.21. The minimum Gasteiger partial charge on any atom is -0.354 e. The number of imide groups is 1. The molecule has 28 heavy (non-hydrogen) atoms. The third kappa shape index (κ3) is 3.99. The highest BCUT2D eigenvalue weighted by molar-refractivity contribution is 8.18. The van der Waals surface area contributed by atoms with Crippen molar-refractivity contribution in [1.82, 2.24) is 10.2 Å². The van der Waals surface area contributed by atoms with Crippen molar-refractivity contribution in [2.24, 2.45) is 17.8 Å². The summed E-state index contributed by atoms with van der Waals surface area (Å²) in [4.78, 5) is 38.1. The Bertz CT molecular complexity index is 841. The van der Waals surface area contributed by atoms with Crippen LogP contribution in [0.15, 0.2) is 29.2 Å². The Morgan fingerprint density at radius 3 is 2.79 bits per heavy atom. The lowest BCUT2D eigenvalue weighted by molar-refractivity contribution is -0.124. The number of benzene rings is 1. The normalized spacial score (nSPS) is 27.8. The lowest BCUT2D eigenvalue weighted by Crippen LogP contribution is -2.38. The second-order valence-electron chi connectivity index (χ2n) is 7.84. The molecule has 7 heteroatoms. The van der Waals surface area contributed by atoms with Crippen molar-refractivity contribution >= 4 is 34.9 Å². The van der Waals surface area contributed by atoms with Crippen LogP contribution >= 0.6 is 11.8 Å². The highest BCUT2D eigenvalue weighted by Crippen LogP contribution is 2.49. The number of nitrogens with one attached hydrogen (secondary N) is 1. The van der Waals surface area contributed by atoms with Gasteiger partial charge in [0.1, 0.15) is 5.82 Å². The van der Waals surface area contributed by atoms with Crippen molar-refractivity contribution in [2.45, 2.75) is 32.1 Å². The molecule has 0 radical (unpaired) electrons. The number of fused-ring (bicyclic) bond motifs is 2. The molecule has 3 fully saturated rings. The maximum Gasteiger partial charge on any atom is 0.293 e. The van der Waals surface area contributed by atoms with E-state index in [9.17, 15) is 18.8 Å². The molecule has 1 aromatic rings. The van der Waals surface area contributed by atoms with E-state index in [0.717, 1.165) is 29.0 Å². The first-order chi connectivity index (χ1) is 13.5. The Kier molecular flexibility index (Phi) is 5.53. The molecule has 3 aliphatic rings. The largest absolute Gasteiger partial charge is 0.354 e. The van der Waals surface area contributed by atoms with Crippen LogP contribution in [0.3, 0.4) is 0 Å². The third-order valence-corrected chi connectivity index (χ3v) is 6.96. The summed E-state index contributed by atoms with van der Waals surface area (Å²) in [6.45, 7) is 0.367. The molecule has 5 nitrogen and oxygen atoms in total. The van der Waals surface area contributed by atoms with Gasteiger partial charge in [0.2, 0.25) is 5.91 Å². The molecule has 3 amide bonds. The maximum absolute atomic E-state index is 13.8. The molecule has 2 bridgehead atoms. The summed E-state index contributed by atoms with van der Waals surface area (Å²) in [6.07, 6.45) is 6.91. The molecular formula is C21H23FN2O3S. The Morgan fingerprint density at radius 1 is 1.25 bits per heavy atom. The molecule has 1 heterocycles. The van der Waals surface area contributed by atoms with Gasteiger partial charge in [-0.15, -0.1) is 0 Å². The van der Waals surface area contributed by atoms with Gasteiger partial charge in [-0.3, -0.25) is 19.3 Å². The summed E-state index contributed by atoms with van der Waals surface area (Å²) in [5, 5.41) is 2.44. The van der Waals surface area contributed by atoms with Gasteiger partial charge < -0.3 is 5.32 Å². The van der Waals surface area contributed by atoms with Crippen LogP contribution in [-0.2, 0) is 9.59 Å². The number of amides is 3. The molecular weight excluding hydrogens is 379 g/mol. The maximum atomic E-state index is 13.8. The number of hydrogen-bond donors (Lipinski definition) is 1. The van der Waals surface area contributed by atoms with E-state index in [-0.39, 0.29) is 29.5 Å². The predicted octanol–water partition coefficient (Wildman–Crippen LogP) is 3.80. The van der Waals surface area contributed by atoms with E-state index in [1.165, 1.54) is 31.4 Å². The summed E-state index contributed by atoms with van der Waals surface area (Å²) in [5.74, 6) is 1.09. The molecule has 0 spiro atoms. The van der Waals surface area contributed by atoms with Crippen molar-refractivity contribution < 1.29 is 18.8 Å². The van der Waals surface area contributed by atoms with Gasteiger partial charge >= 0.3 is 0 Å². The molecule has 4 rings (SSSR count). The van der Waals surface area contributed by atoms with Crippen LogP contribution in [0, 0.1) is 23.6 Å². The second-order valence-corrected chi connectivity index (χ2v) is 8.84. The van der Waals surface area contributed by atoms with Crippen LogP contribution in [0.4, 0.5) is 9.18 Å². The minimum atomic E-state index is -0.444. The summed E-state index contributed by atoms with van der Waals surface area (Å²) in [5.41, 5.74) is 0.271. The zero-order valence-electron chi connectivity index (χ0n) is 15.5. The number of hydrogen-bond acceptors (Lipinski definition) is 4. The first-order valence-electron chi connectivity index (χ1n) is 9.78. The van der Waals surface area contributed by atoms with Gasteiger partial charge in [-0.05, 0) is 60.9 Å². The van der Waals surface area contributed by atoms with Crippen molar-refractivity contribution in [3.05, 3.63) is 40.6 Å². The van der Waals surface area contributed by atoms with Crippen LogP contribution in [-0.4, -0.2) is 35.0 Å². The number of carbonyl (C=O) groups is 3. The quantitative estimate of drug-likeness (QED) is 0.735. The van der Waals surface area contributed by atoms with Crippen molar-refractivity contribution in [2.75, 3.05) is 13.1 Å². The van der Waals surface area contributed by atoms with Crippen LogP contribution < -0.4 is 5.32 Å². The van der Waals surface area contributed by atoms with E-state index < -0.39 is 17.0 Å². The van der Waals surface area contributed by atoms with E-state index in [4.69, 9.17) is 0 Å². The molecule has 2 aliphatic carbocycles. The Labute approximate surface area is 167 Å². The fourth-order valence-electron chi connectivity index (χ4n) is 4.67. The lowest BCUT2D eigenvalue weighted by atomic mass is 9.86. The summed E-state index contributed by atoms with van der Waals surface area (Å²) >= 11 is 0.798. The Morgan fingerprint density at radius 2 is 2.07 bits per heavy atom. The number of carbonyl (C=O) groups excluding carboxylic acids is 3. The SMILES string of the molecule is O=C(C[C@H]1C[C@@H]2CC[C@H]1C2)NCCN1C(=O)S/C(=C\c2ccccc2F)C1=O. The molecule has 0 aromatic heterocycles. The highest BCUT2D eigenvalue weighted by Gasteiger charge is 2.40. The molecule has 1 N–H and O–H groups in total. The smallest absolute Gasteiger partial charge is 0.293 e. The minimum absolute atomic E-state index is 0.00794. The van der Waals surface area contributed by atoms with Gasteiger partial charge in [-0.2, -0.15) is 0 Å². The topological polar surface area (TPSA) is 66.5 Å². The Balaban J connectivity index is 1.28. The molecule has 1 aliphatic heterocycles. The number of nitrogens with zero attached hydrogens (tertiary/aromatic N) is 1. The summed E-state index contributed by atoms with van der Waals surface area (Å²) < 4.78 is 13.8. The second kappa shape index (κ2) is 8.07. The number of halogens is 1. The van der Waals surface area contributed by atoms with Crippen molar-refractivity contribution in [1.29, 1.82) is 0 Å². The van der Waals surface area contributed by atoms with Crippen LogP contribution in [0.2, 0.25) is 0 Å². The molecule has 148 valence electrons. The standard InChI is InChI=1S/C21H23FN2O3S/c22-17-4-2-1-3-15(17)11-18-20(26)24(21(27)28-18)8-7-23-19(25)12-16-10-13-5-6-14(16)9-13/h1-4,11,13-14,16H,5-10,12H2,(H,23,25)/b18-11-/t13-,14+,16-/m1/s1. The van der Waals surface area contributed by atoms with Crippen molar-refractivity contribution in [3.63, 3.8) is 0 Å². The van der Waals surface area contributed by atoms with E-state index in [1.807, 2.05) is 0 Å². The molecule has 1 aromatic carbocycles. The number of thioether (sulfide) groups is 1. The molecule has 3 atom stereocenters. The zero-order valence-corrected chi connectivity index (χ0v) is 16.3. The van der Waals surface area contributed by atoms with Gasteiger partial charge in [-0.1, -0.05) is 24.6 Å². The molecule has 2 saturated carbocycles. The van der Waals surface area contributed by atoms with Gasteiger partial charge in [0.15, 0.2) is 0 Å². The van der Waals surface area contributed by atoms with Gasteiger partial charge in [0.05, 0.1) is 4.91 Å². The average molecular weight is 402 g/mol. The highest BCUT2D eigenvalue weighted by atomic mass is 32.2. The van der Waals surface area contributed by atoms with Crippen LogP contribution in [0.25, 0.3) is 6.08 Å². The van der Waals surface area contributed by atoms with Gasteiger partial charge in [0.25, 0.3) is 11.1 Å². The van der Waals surface area contributed by atoms with E-state index in [2.05, 4.69) is 5.32 Å². The van der Waals surface area contributed by atoms with Crippen LogP contribution in [0.5, 0.6) is 0 Å². The monoisotopic (exact) mass is 402 g/mol. The summed E-state index contributed by atoms with van der Waals surface area (Å²) in [7, 11) is 0. The first kappa shape index (κ1) is 19.2. The van der Waals surface area contributed by atoms with Crippen molar-refractivity contribution in [3.8, 4) is 0 Å². The first-order valence-corrected chi connectivity index (χ1v) is 10.6. The predicted molar refractivity (Wildman–Crippen MR) is 106 cm³/mol. The van der Waals surface area contributed by atoms with Crippen LogP contribution in [0.1, 0.15) is 37.7 Å². The fraction of sp³-hybridized carbons (Fsp3) is 0.476. The van der Waals surface area contributed by atoms with E-state index in [1.54, 1.807) is 18.2 Å². The number of rotatable bonds is 6. The van der Waals surface area contributed by atoms with Gasteiger partial charge in [-0.25, -0.2) is 4.39 Å². The average Bonchev–Trinajstić information content (AvgIpc) is 3.34. The summed E-state index contributed by atoms with van der Waals surface area (Å²) in [6, 6.07) is 6.10. The zero-order chi connectivity index (χ0) is 19.7. The Hall–Kier alpha value is -2.15.